The Balaban J connectivity index is 1.94. The predicted octanol–water partition coefficient (Wildman–Crippen LogP) is 4.46. The maximum absolute atomic E-state index is 9.26. The largest absolute Gasteiger partial charge is 0.508 e. The van der Waals surface area contributed by atoms with Gasteiger partial charge in [0.05, 0.1) is 11.3 Å². The van der Waals surface area contributed by atoms with Crippen molar-refractivity contribution in [1.29, 1.82) is 5.26 Å². The van der Waals surface area contributed by atoms with Crippen LogP contribution in [0.5, 0.6) is 5.75 Å². The number of nitrogens with zero attached hydrogens (tertiary/aromatic N) is 1. The maximum Gasteiger partial charge on any atom is 0.115 e. The van der Waals surface area contributed by atoms with Crippen molar-refractivity contribution in [3.05, 3.63) is 58.1 Å². The van der Waals surface area contributed by atoms with E-state index in [4.69, 9.17) is 5.26 Å². The van der Waals surface area contributed by atoms with Crippen molar-refractivity contribution in [2.24, 2.45) is 0 Å². The van der Waals surface area contributed by atoms with Crippen molar-refractivity contribution in [3.8, 4) is 11.8 Å². The van der Waals surface area contributed by atoms with Crippen LogP contribution >= 0.6 is 15.9 Å². The fourth-order valence-corrected chi connectivity index (χ4v) is 2.48. The first-order valence-electron chi connectivity index (χ1n) is 6.82. The van der Waals surface area contributed by atoms with Gasteiger partial charge < -0.3 is 10.4 Å². The van der Waals surface area contributed by atoms with E-state index in [1.807, 2.05) is 30.3 Å². The van der Waals surface area contributed by atoms with E-state index in [0.29, 0.717) is 11.3 Å². The molecule has 2 rings (SSSR count). The van der Waals surface area contributed by atoms with Gasteiger partial charge in [0.15, 0.2) is 0 Å². The number of aryl methyl sites for hydroxylation is 1. The second kappa shape index (κ2) is 7.14. The normalized spacial score (nSPS) is 11.7. The molecule has 0 aromatic heterocycles. The van der Waals surface area contributed by atoms with E-state index in [1.165, 1.54) is 5.56 Å². The maximum atomic E-state index is 9.26. The average molecular weight is 345 g/mol. The van der Waals surface area contributed by atoms with E-state index in [-0.39, 0.29) is 6.04 Å². The van der Waals surface area contributed by atoms with Gasteiger partial charge in [-0.15, -0.1) is 0 Å². The lowest BCUT2D eigenvalue weighted by atomic mass is 10.1. The molecule has 0 radical (unpaired) electrons. The molecule has 0 fully saturated rings. The van der Waals surface area contributed by atoms with Gasteiger partial charge >= 0.3 is 0 Å². The summed E-state index contributed by atoms with van der Waals surface area (Å²) in [6.07, 6.45) is 1.87. The summed E-state index contributed by atoms with van der Waals surface area (Å²) in [5, 5.41) is 21.8. The van der Waals surface area contributed by atoms with Crippen molar-refractivity contribution in [1.82, 2.24) is 0 Å². The van der Waals surface area contributed by atoms with Gasteiger partial charge in [-0.3, -0.25) is 0 Å². The van der Waals surface area contributed by atoms with Crippen LogP contribution in [-0.4, -0.2) is 11.1 Å². The minimum Gasteiger partial charge on any atom is -0.508 e. The molecule has 0 amide bonds. The Kier molecular flexibility index (Phi) is 5.24. The van der Waals surface area contributed by atoms with Crippen molar-refractivity contribution in [2.45, 2.75) is 25.8 Å². The monoisotopic (exact) mass is 344 g/mol. The molecule has 0 spiro atoms. The zero-order chi connectivity index (χ0) is 15.2. The fraction of sp³-hybridized carbons (Fsp3) is 0.235. The van der Waals surface area contributed by atoms with E-state index >= 15 is 0 Å². The van der Waals surface area contributed by atoms with Gasteiger partial charge in [-0.2, -0.15) is 5.26 Å². The van der Waals surface area contributed by atoms with E-state index in [0.717, 1.165) is 23.0 Å². The Labute approximate surface area is 133 Å². The van der Waals surface area contributed by atoms with Gasteiger partial charge in [-0.05, 0) is 55.7 Å². The molecule has 108 valence electrons. The van der Waals surface area contributed by atoms with E-state index in [1.54, 1.807) is 12.1 Å². The summed E-state index contributed by atoms with van der Waals surface area (Å²) in [6, 6.07) is 15.4. The summed E-state index contributed by atoms with van der Waals surface area (Å²) in [5.74, 6) is 0.290. The number of phenols is 1. The SMILES string of the molecule is CC(CCc1ccc(O)cc1)Nc1ccc(Br)cc1C#N. The Hall–Kier alpha value is -1.99. The first kappa shape index (κ1) is 15.4. The Morgan fingerprint density at radius 2 is 1.95 bits per heavy atom. The highest BCUT2D eigenvalue weighted by molar-refractivity contribution is 9.10. The second-order valence-corrected chi connectivity index (χ2v) is 5.97. The second-order valence-electron chi connectivity index (χ2n) is 5.05. The molecule has 0 aliphatic heterocycles. The molecule has 4 heteroatoms. The zero-order valence-electron chi connectivity index (χ0n) is 11.8. The first-order valence-corrected chi connectivity index (χ1v) is 7.62. The highest BCUT2D eigenvalue weighted by Crippen LogP contribution is 2.22. The van der Waals surface area contributed by atoms with Crippen LogP contribution in [0.3, 0.4) is 0 Å². The average Bonchev–Trinajstić information content (AvgIpc) is 2.48. The van der Waals surface area contributed by atoms with Crippen LogP contribution in [0.15, 0.2) is 46.9 Å². The van der Waals surface area contributed by atoms with Gasteiger partial charge in [-0.25, -0.2) is 0 Å². The molecule has 1 unspecified atom stereocenters. The lowest BCUT2D eigenvalue weighted by molar-refractivity contribution is 0.475. The van der Waals surface area contributed by atoms with Crippen molar-refractivity contribution in [3.63, 3.8) is 0 Å². The standard InChI is InChI=1S/C17H17BrN2O/c1-12(2-3-13-4-7-16(21)8-5-13)20-17-9-6-15(18)10-14(17)11-19/h4-10,12,20-21H,2-3H2,1H3. The molecule has 2 aromatic carbocycles. The number of nitriles is 1. The van der Waals surface area contributed by atoms with Gasteiger partial charge in [-0.1, -0.05) is 28.1 Å². The first-order chi connectivity index (χ1) is 10.1. The van der Waals surface area contributed by atoms with Crippen molar-refractivity contribution >= 4 is 21.6 Å². The highest BCUT2D eigenvalue weighted by Gasteiger charge is 2.07. The lowest BCUT2D eigenvalue weighted by Gasteiger charge is -2.16. The van der Waals surface area contributed by atoms with Crippen LogP contribution in [0.4, 0.5) is 5.69 Å². The molecule has 2 aromatic rings. The van der Waals surface area contributed by atoms with E-state index < -0.39 is 0 Å². The summed E-state index contributed by atoms with van der Waals surface area (Å²) in [6.45, 7) is 2.10. The Morgan fingerprint density at radius 3 is 2.62 bits per heavy atom. The minimum absolute atomic E-state index is 0.257. The summed E-state index contributed by atoms with van der Waals surface area (Å²) in [7, 11) is 0. The Morgan fingerprint density at radius 1 is 1.24 bits per heavy atom. The van der Waals surface area contributed by atoms with Gasteiger partial charge in [0, 0.05) is 10.5 Å². The van der Waals surface area contributed by atoms with Gasteiger partial charge in [0.25, 0.3) is 0 Å². The molecule has 0 heterocycles. The molecule has 1 atom stereocenters. The molecule has 0 saturated heterocycles. The molecule has 0 aliphatic carbocycles. The number of benzene rings is 2. The smallest absolute Gasteiger partial charge is 0.115 e. The molecule has 3 nitrogen and oxygen atoms in total. The summed E-state index contributed by atoms with van der Waals surface area (Å²) in [5.41, 5.74) is 2.69. The molecule has 21 heavy (non-hydrogen) atoms. The van der Waals surface area contributed by atoms with E-state index in [2.05, 4.69) is 34.2 Å². The quantitative estimate of drug-likeness (QED) is 0.841. The highest BCUT2D eigenvalue weighted by atomic mass is 79.9. The number of nitrogens with one attached hydrogen (secondary N) is 1. The van der Waals surface area contributed by atoms with Crippen LogP contribution in [0.1, 0.15) is 24.5 Å². The molecular formula is C17H17BrN2O. The lowest BCUT2D eigenvalue weighted by Crippen LogP contribution is -2.16. The number of aromatic hydroxyl groups is 1. The summed E-state index contributed by atoms with van der Waals surface area (Å²) in [4.78, 5) is 0. The molecular weight excluding hydrogens is 328 g/mol. The number of hydrogen-bond acceptors (Lipinski definition) is 3. The third-order valence-electron chi connectivity index (χ3n) is 3.31. The zero-order valence-corrected chi connectivity index (χ0v) is 13.4. The number of phenolic OH excluding ortho intramolecular Hbond substituents is 1. The summed E-state index contributed by atoms with van der Waals surface area (Å²) >= 11 is 3.37. The van der Waals surface area contributed by atoms with Crippen LogP contribution in [-0.2, 0) is 6.42 Å². The third-order valence-corrected chi connectivity index (χ3v) is 3.80. The summed E-state index contributed by atoms with van der Waals surface area (Å²) < 4.78 is 0.904. The third kappa shape index (κ3) is 4.51. The number of halogens is 1. The van der Waals surface area contributed by atoms with Crippen LogP contribution in [0.2, 0.25) is 0 Å². The minimum atomic E-state index is 0.257. The molecule has 0 saturated carbocycles. The van der Waals surface area contributed by atoms with Gasteiger partial charge in [0.2, 0.25) is 0 Å². The van der Waals surface area contributed by atoms with Crippen LogP contribution < -0.4 is 5.32 Å². The predicted molar refractivity (Wildman–Crippen MR) is 88.4 cm³/mol. The van der Waals surface area contributed by atoms with Crippen LogP contribution in [0, 0.1) is 11.3 Å². The topological polar surface area (TPSA) is 56.0 Å². The molecule has 2 N–H and O–H groups in total. The molecule has 0 bridgehead atoms. The Bertz CT molecular complexity index is 647. The van der Waals surface area contributed by atoms with Crippen LogP contribution in [0.25, 0.3) is 0 Å². The fourth-order valence-electron chi connectivity index (χ4n) is 2.12. The number of hydrogen-bond donors (Lipinski definition) is 2. The van der Waals surface area contributed by atoms with Crippen molar-refractivity contribution in [2.75, 3.05) is 5.32 Å². The van der Waals surface area contributed by atoms with Crippen molar-refractivity contribution < 1.29 is 5.11 Å². The number of rotatable bonds is 5. The number of anilines is 1. The van der Waals surface area contributed by atoms with Gasteiger partial charge in [0.1, 0.15) is 11.8 Å². The molecule has 0 aliphatic rings. The van der Waals surface area contributed by atoms with E-state index in [9.17, 15) is 5.11 Å².